The predicted molar refractivity (Wildman–Crippen MR) is 109 cm³/mol. The molecule has 9 heteroatoms. The number of halogens is 1. The number of nitrogens with zero attached hydrogens (tertiary/aromatic N) is 4. The van der Waals surface area contributed by atoms with E-state index in [9.17, 15) is 9.59 Å². The molecule has 0 saturated heterocycles. The molecular formula is C18H20ClN5O2S. The van der Waals surface area contributed by atoms with Gasteiger partial charge in [-0.1, -0.05) is 42.3 Å². The van der Waals surface area contributed by atoms with Crippen molar-refractivity contribution in [2.24, 2.45) is 0 Å². The standard InChI is InChI=1S/C18H20ClN5O2S/c1-4-6-12-9-16(26)24-17(20-12)27-18(22-24)23(3)10-15(25)21-14-8-5-7-13(19)11(14)2/h5,7-9H,4,6,10H2,1-3H3,(H,21,25). The van der Waals surface area contributed by atoms with Gasteiger partial charge in [-0.25, -0.2) is 4.98 Å². The fourth-order valence-corrected chi connectivity index (χ4v) is 3.66. The number of likely N-dealkylation sites (N-methyl/N-ethyl adjacent to an activating group) is 1. The second-order valence-corrected chi connectivity index (χ2v) is 7.57. The molecule has 0 aliphatic carbocycles. The molecule has 0 atom stereocenters. The van der Waals surface area contributed by atoms with Crippen LogP contribution >= 0.6 is 22.9 Å². The summed E-state index contributed by atoms with van der Waals surface area (Å²) in [6.45, 7) is 3.97. The number of anilines is 2. The number of fused-ring (bicyclic) bond motifs is 1. The number of rotatable bonds is 6. The number of carbonyl (C=O) groups is 1. The van der Waals surface area contributed by atoms with Gasteiger partial charge in [0.2, 0.25) is 16.0 Å². The van der Waals surface area contributed by atoms with E-state index in [4.69, 9.17) is 11.6 Å². The first-order chi connectivity index (χ1) is 12.9. The van der Waals surface area contributed by atoms with Crippen LogP contribution in [0.4, 0.5) is 10.8 Å². The largest absolute Gasteiger partial charge is 0.340 e. The van der Waals surface area contributed by atoms with Crippen LogP contribution in [-0.2, 0) is 11.2 Å². The highest BCUT2D eigenvalue weighted by Crippen LogP contribution is 2.23. The van der Waals surface area contributed by atoms with Crippen LogP contribution < -0.4 is 15.8 Å². The molecule has 2 heterocycles. The number of aryl methyl sites for hydroxylation is 1. The monoisotopic (exact) mass is 405 g/mol. The Morgan fingerprint density at radius 3 is 2.93 bits per heavy atom. The van der Waals surface area contributed by atoms with Gasteiger partial charge in [0.1, 0.15) is 0 Å². The maximum Gasteiger partial charge on any atom is 0.275 e. The highest BCUT2D eigenvalue weighted by molar-refractivity contribution is 7.20. The molecule has 1 N–H and O–H groups in total. The maximum atomic E-state index is 12.4. The van der Waals surface area contributed by atoms with Crippen molar-refractivity contribution in [1.82, 2.24) is 14.6 Å². The van der Waals surface area contributed by atoms with Gasteiger partial charge in [-0.05, 0) is 31.0 Å². The summed E-state index contributed by atoms with van der Waals surface area (Å²) in [5.41, 5.74) is 2.04. The van der Waals surface area contributed by atoms with Crippen LogP contribution in [0.25, 0.3) is 4.96 Å². The molecule has 0 bridgehead atoms. The van der Waals surface area contributed by atoms with Gasteiger partial charge in [-0.3, -0.25) is 9.59 Å². The lowest BCUT2D eigenvalue weighted by molar-refractivity contribution is -0.114. The van der Waals surface area contributed by atoms with E-state index in [1.165, 1.54) is 21.9 Å². The van der Waals surface area contributed by atoms with Crippen LogP contribution in [0.3, 0.4) is 0 Å². The van der Waals surface area contributed by atoms with Crippen molar-refractivity contribution in [2.45, 2.75) is 26.7 Å². The van der Waals surface area contributed by atoms with Gasteiger partial charge in [0.05, 0.1) is 6.54 Å². The third-order valence-corrected chi connectivity index (χ3v) is 5.47. The van der Waals surface area contributed by atoms with E-state index in [2.05, 4.69) is 15.4 Å². The molecule has 0 aliphatic rings. The topological polar surface area (TPSA) is 79.6 Å². The average molecular weight is 406 g/mol. The molecule has 1 aromatic carbocycles. The van der Waals surface area contributed by atoms with E-state index in [1.54, 1.807) is 30.1 Å². The Morgan fingerprint density at radius 2 is 2.19 bits per heavy atom. The van der Waals surface area contributed by atoms with E-state index >= 15 is 0 Å². The average Bonchev–Trinajstić information content (AvgIpc) is 3.04. The molecule has 0 saturated carbocycles. The summed E-state index contributed by atoms with van der Waals surface area (Å²) in [6.07, 6.45) is 1.66. The molecule has 2 aromatic heterocycles. The Kier molecular flexibility index (Phi) is 5.76. The molecule has 0 fully saturated rings. The lowest BCUT2D eigenvalue weighted by Gasteiger charge is -2.15. The lowest BCUT2D eigenvalue weighted by atomic mass is 10.2. The normalized spacial score (nSPS) is 11.0. The maximum absolute atomic E-state index is 12.4. The van der Waals surface area contributed by atoms with E-state index in [-0.39, 0.29) is 18.0 Å². The summed E-state index contributed by atoms with van der Waals surface area (Å²) in [6, 6.07) is 6.87. The molecule has 0 radical (unpaired) electrons. The van der Waals surface area contributed by atoms with Crippen LogP contribution in [0, 0.1) is 6.92 Å². The minimum atomic E-state index is -0.210. The number of hydrogen-bond acceptors (Lipinski definition) is 6. The van der Waals surface area contributed by atoms with E-state index in [0.717, 1.165) is 24.1 Å². The molecule has 3 aromatic rings. The number of aromatic nitrogens is 3. The van der Waals surface area contributed by atoms with Gasteiger partial charge in [0, 0.05) is 29.5 Å². The number of benzene rings is 1. The fourth-order valence-electron chi connectivity index (χ4n) is 2.60. The number of hydrogen-bond donors (Lipinski definition) is 1. The molecule has 0 unspecified atom stereocenters. The quantitative estimate of drug-likeness (QED) is 0.681. The highest BCUT2D eigenvalue weighted by Gasteiger charge is 2.15. The van der Waals surface area contributed by atoms with Gasteiger partial charge in [0.25, 0.3) is 5.56 Å². The van der Waals surface area contributed by atoms with E-state index in [0.29, 0.717) is 20.8 Å². The summed E-state index contributed by atoms with van der Waals surface area (Å²) >= 11 is 7.36. The third kappa shape index (κ3) is 4.28. The van der Waals surface area contributed by atoms with Crippen molar-refractivity contribution in [3.05, 3.63) is 50.9 Å². The number of carbonyl (C=O) groups excluding carboxylic acids is 1. The first kappa shape index (κ1) is 19.3. The van der Waals surface area contributed by atoms with Gasteiger partial charge in [0.15, 0.2) is 0 Å². The molecule has 7 nitrogen and oxygen atoms in total. The minimum Gasteiger partial charge on any atom is -0.340 e. The Bertz CT molecular complexity index is 1050. The molecule has 142 valence electrons. The van der Waals surface area contributed by atoms with Crippen molar-refractivity contribution in [1.29, 1.82) is 0 Å². The summed E-state index contributed by atoms with van der Waals surface area (Å²) in [7, 11) is 1.75. The van der Waals surface area contributed by atoms with Crippen LogP contribution in [-0.4, -0.2) is 34.1 Å². The highest BCUT2D eigenvalue weighted by atomic mass is 35.5. The summed E-state index contributed by atoms with van der Waals surface area (Å²) in [4.78, 5) is 31.3. The molecule has 27 heavy (non-hydrogen) atoms. The van der Waals surface area contributed by atoms with Gasteiger partial charge in [-0.2, -0.15) is 4.52 Å². The smallest absolute Gasteiger partial charge is 0.275 e. The van der Waals surface area contributed by atoms with Crippen LogP contribution in [0.5, 0.6) is 0 Å². The van der Waals surface area contributed by atoms with E-state index < -0.39 is 0 Å². The van der Waals surface area contributed by atoms with Crippen molar-refractivity contribution >= 4 is 44.6 Å². The minimum absolute atomic E-state index is 0.0857. The molecule has 3 rings (SSSR count). The summed E-state index contributed by atoms with van der Waals surface area (Å²) < 4.78 is 1.27. The van der Waals surface area contributed by atoms with Crippen molar-refractivity contribution in [3.8, 4) is 0 Å². The first-order valence-corrected chi connectivity index (χ1v) is 9.74. The Hall–Kier alpha value is -2.45. The second-order valence-electron chi connectivity index (χ2n) is 6.23. The summed E-state index contributed by atoms with van der Waals surface area (Å²) in [5, 5.41) is 8.29. The molecular weight excluding hydrogens is 386 g/mol. The molecule has 1 amide bonds. The van der Waals surface area contributed by atoms with Crippen molar-refractivity contribution in [3.63, 3.8) is 0 Å². The number of nitrogens with one attached hydrogen (secondary N) is 1. The first-order valence-electron chi connectivity index (χ1n) is 8.55. The summed E-state index contributed by atoms with van der Waals surface area (Å²) in [5.74, 6) is -0.200. The van der Waals surface area contributed by atoms with Crippen molar-refractivity contribution < 1.29 is 4.79 Å². The zero-order valence-electron chi connectivity index (χ0n) is 15.3. The lowest BCUT2D eigenvalue weighted by Crippen LogP contribution is -2.30. The van der Waals surface area contributed by atoms with Crippen LogP contribution in [0.1, 0.15) is 24.6 Å². The Balaban J connectivity index is 1.76. The Labute approximate surface area is 165 Å². The SMILES string of the molecule is CCCc1cc(=O)n2nc(N(C)CC(=O)Nc3cccc(Cl)c3C)sc2n1. The van der Waals surface area contributed by atoms with Crippen LogP contribution in [0.15, 0.2) is 29.1 Å². The van der Waals surface area contributed by atoms with Crippen molar-refractivity contribution in [2.75, 3.05) is 23.8 Å². The van der Waals surface area contributed by atoms with Gasteiger partial charge >= 0.3 is 0 Å². The zero-order valence-corrected chi connectivity index (χ0v) is 16.9. The van der Waals surface area contributed by atoms with E-state index in [1.807, 2.05) is 13.8 Å². The predicted octanol–water partition coefficient (Wildman–Crippen LogP) is 3.14. The van der Waals surface area contributed by atoms with Gasteiger partial charge in [-0.15, -0.1) is 5.10 Å². The zero-order chi connectivity index (χ0) is 19.6. The fraction of sp³-hybridized carbons (Fsp3) is 0.333. The molecule has 0 aliphatic heterocycles. The Morgan fingerprint density at radius 1 is 1.41 bits per heavy atom. The second kappa shape index (κ2) is 8.06. The van der Waals surface area contributed by atoms with Gasteiger partial charge < -0.3 is 10.2 Å². The van der Waals surface area contributed by atoms with Crippen LogP contribution in [0.2, 0.25) is 5.02 Å². The third-order valence-electron chi connectivity index (χ3n) is 4.04. The molecule has 0 spiro atoms. The number of amides is 1.